The fourth-order valence-electron chi connectivity index (χ4n) is 3.30. The quantitative estimate of drug-likeness (QED) is 0.529. The van der Waals surface area contributed by atoms with Crippen molar-refractivity contribution in [3.63, 3.8) is 0 Å². The van der Waals surface area contributed by atoms with E-state index in [0.29, 0.717) is 13.1 Å². The van der Waals surface area contributed by atoms with Crippen LogP contribution in [0.2, 0.25) is 0 Å². The van der Waals surface area contributed by atoms with Crippen LogP contribution in [0.3, 0.4) is 0 Å². The van der Waals surface area contributed by atoms with Gasteiger partial charge >= 0.3 is 5.97 Å². The van der Waals surface area contributed by atoms with E-state index in [1.807, 2.05) is 0 Å². The van der Waals surface area contributed by atoms with Crippen LogP contribution >= 0.6 is 0 Å². The zero-order chi connectivity index (χ0) is 23.3. The van der Waals surface area contributed by atoms with Crippen molar-refractivity contribution in [1.82, 2.24) is 4.31 Å². The molecule has 3 rings (SSSR count). The van der Waals surface area contributed by atoms with Crippen LogP contribution in [0.1, 0.15) is 29.6 Å². The summed E-state index contributed by atoms with van der Waals surface area (Å²) in [5.41, 5.74) is -0.0233. The molecule has 0 spiro atoms. The minimum atomic E-state index is -3.81. The normalized spacial score (nSPS) is 14.5. The fraction of sp³-hybridized carbons (Fsp3) is 0.333. The zero-order valence-electron chi connectivity index (χ0n) is 17.4. The number of ether oxygens (including phenoxy) is 2. The Morgan fingerprint density at radius 3 is 2.44 bits per heavy atom. The van der Waals surface area contributed by atoms with Crippen LogP contribution in [0, 0.1) is 0 Å². The highest BCUT2D eigenvalue weighted by Crippen LogP contribution is 2.31. The molecule has 1 aliphatic heterocycles. The largest absolute Gasteiger partial charge is 0.508 e. The third kappa shape index (κ3) is 5.29. The maximum atomic E-state index is 13.1. The Bertz CT molecular complexity index is 1110. The van der Waals surface area contributed by atoms with Crippen molar-refractivity contribution in [3.05, 3.63) is 42.0 Å². The van der Waals surface area contributed by atoms with Gasteiger partial charge in [0.2, 0.25) is 10.0 Å². The standard InChI is InChI=1S/C21H24N2O8S/c1-30-18-8-5-14(11-19(18)32(28,29)23-9-3-2-4-10-23)22-20(26)13-31-21(27)16-7-6-15(24)12-17(16)25/h5-8,11-12,24-25H,2-4,9-10,13H2,1H3,(H,22,26). The number of nitrogens with one attached hydrogen (secondary N) is 1. The molecule has 1 amide bonds. The topological polar surface area (TPSA) is 142 Å². The number of anilines is 1. The molecule has 1 aliphatic rings. The number of piperidine rings is 1. The second-order valence-corrected chi connectivity index (χ2v) is 9.06. The van der Waals surface area contributed by atoms with Gasteiger partial charge in [-0.2, -0.15) is 4.31 Å². The van der Waals surface area contributed by atoms with Crippen molar-refractivity contribution >= 4 is 27.6 Å². The molecule has 32 heavy (non-hydrogen) atoms. The Kier molecular flexibility index (Phi) is 7.21. The number of benzene rings is 2. The lowest BCUT2D eigenvalue weighted by atomic mass is 10.2. The number of hydrogen-bond acceptors (Lipinski definition) is 8. The van der Waals surface area contributed by atoms with Crippen molar-refractivity contribution in [3.8, 4) is 17.2 Å². The molecule has 0 bridgehead atoms. The van der Waals surface area contributed by atoms with E-state index in [1.165, 1.54) is 35.7 Å². The molecule has 0 unspecified atom stereocenters. The monoisotopic (exact) mass is 464 g/mol. The number of sulfonamides is 1. The molecule has 1 fully saturated rings. The number of rotatable bonds is 7. The van der Waals surface area contributed by atoms with Gasteiger partial charge in [-0.25, -0.2) is 13.2 Å². The average molecular weight is 464 g/mol. The third-order valence-corrected chi connectivity index (χ3v) is 6.84. The summed E-state index contributed by atoms with van der Waals surface area (Å²) in [6, 6.07) is 7.53. The molecule has 10 nitrogen and oxygen atoms in total. The Labute approximate surface area is 185 Å². The number of phenolic OH excluding ortho intramolecular Hbond substituents is 2. The summed E-state index contributed by atoms with van der Waals surface area (Å²) < 4.78 is 37.6. The third-order valence-electron chi connectivity index (χ3n) is 4.92. The first kappa shape index (κ1) is 23.4. The smallest absolute Gasteiger partial charge is 0.342 e. The number of hydrogen-bond donors (Lipinski definition) is 3. The lowest BCUT2D eigenvalue weighted by molar-refractivity contribution is -0.119. The van der Waals surface area contributed by atoms with Crippen molar-refractivity contribution < 1.29 is 37.7 Å². The number of methoxy groups -OCH3 is 1. The Hall–Kier alpha value is -3.31. The van der Waals surface area contributed by atoms with Crippen LogP contribution in [0.15, 0.2) is 41.3 Å². The molecule has 172 valence electrons. The molecule has 11 heteroatoms. The van der Waals surface area contributed by atoms with E-state index >= 15 is 0 Å². The molecule has 0 aliphatic carbocycles. The summed E-state index contributed by atoms with van der Waals surface area (Å²) in [6.07, 6.45) is 2.53. The second kappa shape index (κ2) is 9.88. The second-order valence-electron chi connectivity index (χ2n) is 7.16. The van der Waals surface area contributed by atoms with Gasteiger partial charge in [-0.15, -0.1) is 0 Å². The maximum Gasteiger partial charge on any atom is 0.342 e. The van der Waals surface area contributed by atoms with Gasteiger partial charge in [0.15, 0.2) is 6.61 Å². The summed E-state index contributed by atoms with van der Waals surface area (Å²) in [4.78, 5) is 24.2. The van der Waals surface area contributed by atoms with Gasteiger partial charge in [0.1, 0.15) is 27.7 Å². The van der Waals surface area contributed by atoms with Gasteiger partial charge in [-0.3, -0.25) is 4.79 Å². The Morgan fingerprint density at radius 1 is 1.06 bits per heavy atom. The average Bonchev–Trinajstić information content (AvgIpc) is 2.78. The number of carbonyl (C=O) groups excluding carboxylic acids is 2. The highest BCUT2D eigenvalue weighted by molar-refractivity contribution is 7.89. The summed E-state index contributed by atoms with van der Waals surface area (Å²) in [5, 5.41) is 21.4. The molecule has 1 heterocycles. The Morgan fingerprint density at radius 2 is 1.78 bits per heavy atom. The number of amides is 1. The van der Waals surface area contributed by atoms with Crippen LogP contribution in [0.5, 0.6) is 17.2 Å². The van der Waals surface area contributed by atoms with Crippen molar-refractivity contribution in [2.75, 3.05) is 32.1 Å². The van der Waals surface area contributed by atoms with E-state index in [2.05, 4.69) is 5.32 Å². The van der Waals surface area contributed by atoms with Gasteiger partial charge in [-0.05, 0) is 43.2 Å². The van der Waals surface area contributed by atoms with Gasteiger partial charge in [0, 0.05) is 24.8 Å². The lowest BCUT2D eigenvalue weighted by Crippen LogP contribution is -2.35. The molecule has 0 aromatic heterocycles. The van der Waals surface area contributed by atoms with Gasteiger partial charge in [0.25, 0.3) is 5.91 Å². The summed E-state index contributed by atoms with van der Waals surface area (Å²) in [7, 11) is -2.45. The molecule has 0 atom stereocenters. The van der Waals surface area contributed by atoms with Gasteiger partial charge in [0.05, 0.1) is 7.11 Å². The van der Waals surface area contributed by atoms with Gasteiger partial charge in [-0.1, -0.05) is 6.42 Å². The predicted molar refractivity (Wildman–Crippen MR) is 114 cm³/mol. The SMILES string of the molecule is COc1ccc(NC(=O)COC(=O)c2ccc(O)cc2O)cc1S(=O)(=O)N1CCCCC1. The van der Waals surface area contributed by atoms with E-state index in [9.17, 15) is 28.2 Å². The molecule has 2 aromatic carbocycles. The summed E-state index contributed by atoms with van der Waals surface area (Å²) in [5.74, 6) is -2.23. The lowest BCUT2D eigenvalue weighted by Gasteiger charge is -2.26. The molecule has 1 saturated heterocycles. The van der Waals surface area contributed by atoms with Crippen LogP contribution < -0.4 is 10.1 Å². The first-order valence-electron chi connectivity index (χ1n) is 9.89. The molecule has 3 N–H and O–H groups in total. The van der Waals surface area contributed by atoms with Crippen molar-refractivity contribution in [2.45, 2.75) is 24.2 Å². The number of aromatic hydroxyl groups is 2. The number of esters is 1. The number of carbonyl (C=O) groups is 2. The fourth-order valence-corrected chi connectivity index (χ4v) is 5.00. The van der Waals surface area contributed by atoms with Crippen LogP contribution in [0.25, 0.3) is 0 Å². The first-order valence-corrected chi connectivity index (χ1v) is 11.3. The van der Waals surface area contributed by atoms with E-state index in [4.69, 9.17) is 9.47 Å². The van der Waals surface area contributed by atoms with E-state index in [1.54, 1.807) is 0 Å². The zero-order valence-corrected chi connectivity index (χ0v) is 18.2. The predicted octanol–water partition coefficient (Wildman–Crippen LogP) is 2.08. The molecule has 0 radical (unpaired) electrons. The van der Waals surface area contributed by atoms with Crippen LogP contribution in [-0.2, 0) is 19.6 Å². The van der Waals surface area contributed by atoms with E-state index < -0.39 is 34.3 Å². The Balaban J connectivity index is 1.70. The molecule has 2 aromatic rings. The molecular formula is C21H24N2O8S. The summed E-state index contributed by atoms with van der Waals surface area (Å²) in [6.45, 7) is 0.170. The van der Waals surface area contributed by atoms with E-state index in [0.717, 1.165) is 31.4 Å². The summed E-state index contributed by atoms with van der Waals surface area (Å²) >= 11 is 0. The van der Waals surface area contributed by atoms with Gasteiger partial charge < -0.3 is 25.0 Å². The van der Waals surface area contributed by atoms with Crippen LogP contribution in [0.4, 0.5) is 5.69 Å². The molecular weight excluding hydrogens is 440 g/mol. The molecule has 0 saturated carbocycles. The van der Waals surface area contributed by atoms with Crippen molar-refractivity contribution in [2.24, 2.45) is 0 Å². The van der Waals surface area contributed by atoms with Crippen molar-refractivity contribution in [1.29, 1.82) is 0 Å². The minimum Gasteiger partial charge on any atom is -0.508 e. The van der Waals surface area contributed by atoms with E-state index in [-0.39, 0.29) is 27.6 Å². The number of nitrogens with zero attached hydrogens (tertiary/aromatic N) is 1. The maximum absolute atomic E-state index is 13.1. The number of phenols is 2. The minimum absolute atomic E-state index is 0.0642. The highest BCUT2D eigenvalue weighted by atomic mass is 32.2. The first-order chi connectivity index (χ1) is 15.2. The highest BCUT2D eigenvalue weighted by Gasteiger charge is 2.29. The van der Waals surface area contributed by atoms with Crippen LogP contribution in [-0.4, -0.2) is 61.6 Å².